The molecular weight excluding hydrogens is 772 g/mol. The van der Waals surface area contributed by atoms with E-state index in [1.165, 1.54) is 40.9 Å². The first-order chi connectivity index (χ1) is 27.8. The quantitative estimate of drug-likeness (QED) is 0.0734. The van der Waals surface area contributed by atoms with Gasteiger partial charge in [0.1, 0.15) is 23.9 Å². The van der Waals surface area contributed by atoms with Gasteiger partial charge < -0.3 is 29.5 Å². The van der Waals surface area contributed by atoms with Crippen molar-refractivity contribution in [1.29, 1.82) is 0 Å². The lowest BCUT2D eigenvalue weighted by atomic mass is 10.1. The lowest BCUT2D eigenvalue weighted by molar-refractivity contribution is -0.594. The standard InChI is InChI=1S/C40H35FN8O6S2/c41-27-10-8-26(9-11-27)33-19-30(45-53-33)38(50)42-12-3-5-25-17-36(56-22-25)34-20-31(46-54-34)39(51)43-13-4-14-48-15-16-49(24-48)29-18-37(57-23-29)35-21-32(47-55-35)40(52)44-28-6-1-2-7-28/h3,5,8-11,15-24,28H,1-2,4,6-7,12-14H2,(H2-,42,43,44,50,51,52)/p+1/b5-3+. The average molecular weight is 808 g/mol. The number of amides is 3. The Balaban J connectivity index is 0.758. The molecular formula is C40H36FN8O6S2+. The second-order valence-electron chi connectivity index (χ2n) is 13.4. The van der Waals surface area contributed by atoms with Gasteiger partial charge >= 0.3 is 0 Å². The Morgan fingerprint density at radius 1 is 0.825 bits per heavy atom. The lowest BCUT2D eigenvalue weighted by Crippen LogP contribution is -2.32. The number of rotatable bonds is 15. The van der Waals surface area contributed by atoms with Crippen LogP contribution in [0.1, 0.15) is 69.1 Å². The van der Waals surface area contributed by atoms with Crippen molar-refractivity contribution in [1.82, 2.24) is 36.0 Å². The fourth-order valence-electron chi connectivity index (χ4n) is 6.29. The summed E-state index contributed by atoms with van der Waals surface area (Å²) < 4.78 is 33.4. The van der Waals surface area contributed by atoms with Crippen molar-refractivity contribution >= 4 is 46.5 Å². The van der Waals surface area contributed by atoms with E-state index >= 15 is 0 Å². The second kappa shape index (κ2) is 17.1. The van der Waals surface area contributed by atoms with E-state index in [1.54, 1.807) is 30.3 Å². The van der Waals surface area contributed by atoms with E-state index in [9.17, 15) is 18.8 Å². The molecule has 0 bridgehead atoms. The highest BCUT2D eigenvalue weighted by Crippen LogP contribution is 2.30. The van der Waals surface area contributed by atoms with Crippen LogP contribution in [0, 0.1) is 5.82 Å². The molecule has 7 aromatic rings. The van der Waals surface area contributed by atoms with Crippen LogP contribution in [0.15, 0.2) is 104 Å². The van der Waals surface area contributed by atoms with Crippen molar-refractivity contribution in [2.75, 3.05) is 13.1 Å². The van der Waals surface area contributed by atoms with Gasteiger partial charge in [0.15, 0.2) is 34.4 Å². The van der Waals surface area contributed by atoms with E-state index < -0.39 is 5.91 Å². The predicted octanol–water partition coefficient (Wildman–Crippen LogP) is 6.93. The van der Waals surface area contributed by atoms with Gasteiger partial charge in [-0.2, -0.15) is 0 Å². The fourth-order valence-corrected chi connectivity index (χ4v) is 7.95. The van der Waals surface area contributed by atoms with Gasteiger partial charge in [-0.05, 0) is 54.1 Å². The molecule has 0 radical (unpaired) electrons. The van der Waals surface area contributed by atoms with E-state index in [-0.39, 0.29) is 47.3 Å². The van der Waals surface area contributed by atoms with Crippen LogP contribution in [-0.4, -0.2) is 56.9 Å². The molecule has 8 rings (SSSR count). The summed E-state index contributed by atoms with van der Waals surface area (Å²) in [5.74, 6) is 0.0974. The van der Waals surface area contributed by atoms with Gasteiger partial charge in [0.05, 0.1) is 16.3 Å². The van der Waals surface area contributed by atoms with Gasteiger partial charge in [-0.25, -0.2) is 13.5 Å². The molecule has 17 heteroatoms. The molecule has 3 N–H and O–H groups in total. The fraction of sp³-hybridized carbons (Fsp3) is 0.225. The largest absolute Gasteiger partial charge is 0.355 e. The summed E-state index contributed by atoms with van der Waals surface area (Å²) >= 11 is 2.95. The van der Waals surface area contributed by atoms with Crippen LogP contribution in [0.25, 0.3) is 44.4 Å². The molecule has 3 amide bonds. The van der Waals surface area contributed by atoms with Crippen LogP contribution < -0.4 is 20.5 Å². The number of carbonyl (C=O) groups is 3. The smallest absolute Gasteiger partial charge is 0.273 e. The SMILES string of the molecule is O=C(NC/C=C/c1csc(-c2cc(C(=O)NCCCn3cc[n+](-c4csc(-c5cc(C(=O)NC6CCCC6)no5)c4)c3)no2)c1)c1cc(-c2ccc(F)cc2)on1. The minimum atomic E-state index is -0.404. The van der Waals surface area contributed by atoms with Crippen LogP contribution in [0.3, 0.4) is 0 Å². The minimum absolute atomic E-state index is 0.117. The summed E-state index contributed by atoms with van der Waals surface area (Å²) in [5.41, 5.74) is 3.05. The van der Waals surface area contributed by atoms with Crippen molar-refractivity contribution in [3.8, 4) is 38.3 Å². The van der Waals surface area contributed by atoms with Crippen molar-refractivity contribution in [3.63, 3.8) is 0 Å². The Hall–Kier alpha value is -6.46. The zero-order valence-electron chi connectivity index (χ0n) is 30.4. The minimum Gasteiger partial charge on any atom is -0.355 e. The summed E-state index contributed by atoms with van der Waals surface area (Å²) in [4.78, 5) is 39.5. The van der Waals surface area contributed by atoms with E-state index in [2.05, 4.69) is 31.4 Å². The number of thiophene rings is 2. The number of nitrogens with zero attached hydrogens (tertiary/aromatic N) is 5. The first-order valence-corrected chi connectivity index (χ1v) is 20.1. The molecule has 6 aromatic heterocycles. The monoisotopic (exact) mass is 807 g/mol. The molecule has 1 fully saturated rings. The topological polar surface area (TPSA) is 174 Å². The Labute approximate surface area is 333 Å². The summed E-state index contributed by atoms with van der Waals surface area (Å²) in [6, 6.07) is 14.6. The van der Waals surface area contributed by atoms with Gasteiger partial charge in [-0.15, -0.1) is 22.7 Å². The normalized spacial score (nSPS) is 13.1. The van der Waals surface area contributed by atoms with E-state index in [0.29, 0.717) is 42.4 Å². The van der Waals surface area contributed by atoms with E-state index in [0.717, 1.165) is 46.7 Å². The molecule has 0 saturated heterocycles. The summed E-state index contributed by atoms with van der Waals surface area (Å²) in [5, 5.41) is 24.4. The van der Waals surface area contributed by atoms with Crippen LogP contribution in [-0.2, 0) is 6.54 Å². The number of aromatic nitrogens is 5. The molecule has 0 spiro atoms. The zero-order valence-corrected chi connectivity index (χ0v) is 32.0. The Bertz CT molecular complexity index is 2520. The van der Waals surface area contributed by atoms with Crippen molar-refractivity contribution < 1.29 is 36.9 Å². The summed E-state index contributed by atoms with van der Waals surface area (Å²) in [7, 11) is 0. The predicted molar refractivity (Wildman–Crippen MR) is 209 cm³/mol. The lowest BCUT2D eigenvalue weighted by Gasteiger charge is -2.09. The Kier molecular flexibility index (Phi) is 11.3. The number of carbonyl (C=O) groups excluding carboxylic acids is 3. The number of imidazole rings is 1. The number of halogens is 1. The van der Waals surface area contributed by atoms with Crippen molar-refractivity contribution in [3.05, 3.63) is 119 Å². The highest BCUT2D eigenvalue weighted by atomic mass is 32.1. The Morgan fingerprint density at radius 2 is 1.47 bits per heavy atom. The van der Waals surface area contributed by atoms with Gasteiger partial charge in [0, 0.05) is 60.8 Å². The molecule has 6 heterocycles. The molecule has 290 valence electrons. The molecule has 1 aromatic carbocycles. The molecule has 1 aliphatic rings. The maximum atomic E-state index is 13.2. The zero-order chi connectivity index (χ0) is 39.1. The summed E-state index contributed by atoms with van der Waals surface area (Å²) in [6.07, 6.45) is 14.5. The van der Waals surface area contributed by atoms with Crippen LogP contribution in [0.2, 0.25) is 0 Å². The average Bonchev–Trinajstić information content (AvgIpc) is 4.05. The molecule has 57 heavy (non-hydrogen) atoms. The third kappa shape index (κ3) is 9.16. The van der Waals surface area contributed by atoms with Crippen LogP contribution in [0.4, 0.5) is 4.39 Å². The molecule has 0 atom stereocenters. The number of hydrogen-bond donors (Lipinski definition) is 3. The molecule has 0 unspecified atom stereocenters. The van der Waals surface area contributed by atoms with E-state index in [1.807, 2.05) is 56.8 Å². The highest BCUT2D eigenvalue weighted by Gasteiger charge is 2.22. The van der Waals surface area contributed by atoms with Gasteiger partial charge in [0.25, 0.3) is 17.7 Å². The van der Waals surface area contributed by atoms with Crippen molar-refractivity contribution in [2.45, 2.75) is 44.7 Å². The third-order valence-electron chi connectivity index (χ3n) is 9.30. The first-order valence-electron chi connectivity index (χ1n) is 18.3. The molecule has 1 aliphatic carbocycles. The number of nitrogens with one attached hydrogen (secondary N) is 3. The van der Waals surface area contributed by atoms with Gasteiger partial charge in [-0.1, -0.05) is 40.5 Å². The number of aryl methyl sites for hydroxylation is 1. The highest BCUT2D eigenvalue weighted by molar-refractivity contribution is 7.14. The first kappa shape index (κ1) is 37.5. The maximum absolute atomic E-state index is 13.2. The molecule has 0 aliphatic heterocycles. The number of benzene rings is 1. The van der Waals surface area contributed by atoms with Crippen LogP contribution in [0.5, 0.6) is 0 Å². The molecule has 1 saturated carbocycles. The maximum Gasteiger partial charge on any atom is 0.273 e. The van der Waals surface area contributed by atoms with Gasteiger partial charge in [-0.3, -0.25) is 14.4 Å². The number of hydrogen-bond acceptors (Lipinski definition) is 11. The Morgan fingerprint density at radius 3 is 2.23 bits per heavy atom. The summed E-state index contributed by atoms with van der Waals surface area (Å²) in [6.45, 7) is 1.38. The van der Waals surface area contributed by atoms with Crippen molar-refractivity contribution in [2.24, 2.45) is 0 Å². The van der Waals surface area contributed by atoms with E-state index in [4.69, 9.17) is 13.6 Å². The third-order valence-corrected chi connectivity index (χ3v) is 11.2. The molecule has 14 nitrogen and oxygen atoms in total. The second-order valence-corrected chi connectivity index (χ2v) is 15.2. The van der Waals surface area contributed by atoms with Gasteiger partial charge in [0.2, 0.25) is 6.33 Å². The van der Waals surface area contributed by atoms with Crippen LogP contribution >= 0.6 is 22.7 Å².